The number of benzene rings is 3. The van der Waals surface area contributed by atoms with Crippen molar-refractivity contribution in [3.63, 3.8) is 0 Å². The minimum atomic E-state index is -0.360. The van der Waals surface area contributed by atoms with Crippen molar-refractivity contribution in [2.75, 3.05) is 20.7 Å². The fourth-order valence-electron chi connectivity index (χ4n) is 4.11. The third kappa shape index (κ3) is 4.24. The van der Waals surface area contributed by atoms with Gasteiger partial charge in [0.15, 0.2) is 0 Å². The molecule has 1 aliphatic rings. The SMILES string of the molecule is COc1ccccc1C(C)N(C)C(=O)c1ccc2c(c1)C(=O)N(CCc1ccccc1)C2=O. The summed E-state index contributed by atoms with van der Waals surface area (Å²) in [5.41, 5.74) is 2.92. The van der Waals surface area contributed by atoms with E-state index in [4.69, 9.17) is 4.74 Å². The van der Waals surface area contributed by atoms with E-state index in [-0.39, 0.29) is 29.3 Å². The van der Waals surface area contributed by atoms with E-state index in [0.29, 0.717) is 29.8 Å². The van der Waals surface area contributed by atoms with Gasteiger partial charge in [0, 0.05) is 24.7 Å². The molecule has 0 aromatic heterocycles. The van der Waals surface area contributed by atoms with Gasteiger partial charge in [0.25, 0.3) is 17.7 Å². The van der Waals surface area contributed by atoms with E-state index in [1.165, 1.54) is 11.0 Å². The highest BCUT2D eigenvalue weighted by atomic mass is 16.5. The second-order valence-corrected chi connectivity index (χ2v) is 8.09. The molecule has 1 heterocycles. The van der Waals surface area contributed by atoms with Gasteiger partial charge in [-0.05, 0) is 43.2 Å². The lowest BCUT2D eigenvalue weighted by molar-refractivity contribution is 0.0655. The van der Waals surface area contributed by atoms with Crippen LogP contribution in [0.15, 0.2) is 72.8 Å². The summed E-state index contributed by atoms with van der Waals surface area (Å²) in [4.78, 5) is 41.9. The summed E-state index contributed by atoms with van der Waals surface area (Å²) < 4.78 is 5.43. The van der Waals surface area contributed by atoms with Crippen molar-refractivity contribution < 1.29 is 19.1 Å². The number of fused-ring (bicyclic) bond motifs is 1. The van der Waals surface area contributed by atoms with E-state index in [2.05, 4.69) is 0 Å². The van der Waals surface area contributed by atoms with Crippen molar-refractivity contribution in [2.45, 2.75) is 19.4 Å². The monoisotopic (exact) mass is 442 g/mol. The topological polar surface area (TPSA) is 66.9 Å². The predicted molar refractivity (Wildman–Crippen MR) is 125 cm³/mol. The zero-order valence-corrected chi connectivity index (χ0v) is 18.9. The van der Waals surface area contributed by atoms with Gasteiger partial charge in [-0.3, -0.25) is 19.3 Å². The Balaban J connectivity index is 1.53. The van der Waals surface area contributed by atoms with Crippen LogP contribution >= 0.6 is 0 Å². The van der Waals surface area contributed by atoms with Crippen LogP contribution in [0.4, 0.5) is 0 Å². The number of carbonyl (C=O) groups excluding carboxylic acids is 3. The van der Waals surface area contributed by atoms with E-state index in [0.717, 1.165) is 11.1 Å². The third-order valence-electron chi connectivity index (χ3n) is 6.17. The zero-order valence-electron chi connectivity index (χ0n) is 18.9. The fourth-order valence-corrected chi connectivity index (χ4v) is 4.11. The molecule has 33 heavy (non-hydrogen) atoms. The Morgan fingerprint density at radius 1 is 0.939 bits per heavy atom. The maximum absolute atomic E-state index is 13.2. The van der Waals surface area contributed by atoms with E-state index in [1.807, 2.05) is 61.5 Å². The van der Waals surface area contributed by atoms with Crippen LogP contribution in [-0.4, -0.2) is 48.2 Å². The minimum Gasteiger partial charge on any atom is -0.496 e. The number of methoxy groups -OCH3 is 1. The molecule has 0 spiro atoms. The number of nitrogens with zero attached hydrogens (tertiary/aromatic N) is 2. The lowest BCUT2D eigenvalue weighted by atomic mass is 10.0. The van der Waals surface area contributed by atoms with Crippen molar-refractivity contribution >= 4 is 17.7 Å². The molecule has 0 aliphatic carbocycles. The summed E-state index contributed by atoms with van der Waals surface area (Å²) in [6.45, 7) is 2.22. The van der Waals surface area contributed by atoms with Crippen LogP contribution in [0, 0.1) is 0 Å². The summed E-state index contributed by atoms with van der Waals surface area (Å²) in [5, 5.41) is 0. The number of hydrogen-bond acceptors (Lipinski definition) is 4. The quantitative estimate of drug-likeness (QED) is 0.510. The molecule has 0 saturated carbocycles. The number of ether oxygens (including phenoxy) is 1. The molecule has 0 radical (unpaired) electrons. The third-order valence-corrected chi connectivity index (χ3v) is 6.17. The molecule has 3 aromatic rings. The lowest BCUT2D eigenvalue weighted by Gasteiger charge is -2.26. The van der Waals surface area contributed by atoms with Crippen LogP contribution < -0.4 is 4.74 Å². The van der Waals surface area contributed by atoms with E-state index < -0.39 is 0 Å². The van der Waals surface area contributed by atoms with Crippen LogP contribution in [0.1, 0.15) is 55.2 Å². The van der Waals surface area contributed by atoms with Gasteiger partial charge in [-0.1, -0.05) is 48.5 Å². The number of carbonyl (C=O) groups is 3. The molecule has 1 unspecified atom stereocenters. The Bertz CT molecular complexity index is 1210. The van der Waals surface area contributed by atoms with Crippen LogP contribution in [0.25, 0.3) is 0 Å². The van der Waals surface area contributed by atoms with Crippen molar-refractivity contribution in [1.82, 2.24) is 9.80 Å². The number of imide groups is 1. The zero-order chi connectivity index (χ0) is 23.5. The van der Waals surface area contributed by atoms with Gasteiger partial charge in [0.1, 0.15) is 5.75 Å². The van der Waals surface area contributed by atoms with Gasteiger partial charge < -0.3 is 9.64 Å². The molecule has 3 amide bonds. The van der Waals surface area contributed by atoms with Crippen molar-refractivity contribution in [3.8, 4) is 5.75 Å². The second-order valence-electron chi connectivity index (χ2n) is 8.09. The Hall–Kier alpha value is -3.93. The standard InChI is InChI=1S/C27H26N2O4/c1-18(21-11-7-8-12-24(21)33-3)28(2)25(30)20-13-14-22-23(17-20)27(32)29(26(22)31)16-15-19-9-5-4-6-10-19/h4-14,17-18H,15-16H2,1-3H3. The maximum atomic E-state index is 13.2. The molecule has 0 N–H and O–H groups in total. The van der Waals surface area contributed by atoms with Crippen LogP contribution in [0.2, 0.25) is 0 Å². The molecular formula is C27H26N2O4. The van der Waals surface area contributed by atoms with Gasteiger partial charge >= 0.3 is 0 Å². The minimum absolute atomic E-state index is 0.237. The number of hydrogen-bond donors (Lipinski definition) is 0. The van der Waals surface area contributed by atoms with Crippen molar-refractivity contribution in [1.29, 1.82) is 0 Å². The smallest absolute Gasteiger partial charge is 0.261 e. The van der Waals surface area contributed by atoms with Gasteiger partial charge in [-0.2, -0.15) is 0 Å². The number of amides is 3. The molecule has 168 valence electrons. The van der Waals surface area contributed by atoms with Crippen molar-refractivity contribution in [2.24, 2.45) is 0 Å². The molecule has 0 bridgehead atoms. The summed E-state index contributed by atoms with van der Waals surface area (Å²) >= 11 is 0. The van der Waals surface area contributed by atoms with E-state index >= 15 is 0 Å². The summed E-state index contributed by atoms with van der Waals surface area (Å²) in [6, 6.07) is 21.7. The number of para-hydroxylation sites is 1. The normalized spacial score (nSPS) is 13.6. The average molecular weight is 443 g/mol. The van der Waals surface area contributed by atoms with Gasteiger partial charge in [0.2, 0.25) is 0 Å². The Morgan fingerprint density at radius 3 is 2.33 bits per heavy atom. The van der Waals surface area contributed by atoms with Crippen LogP contribution in [-0.2, 0) is 6.42 Å². The molecule has 1 atom stereocenters. The Kier molecular flexibility index (Phi) is 6.27. The first-order chi connectivity index (χ1) is 15.9. The van der Waals surface area contributed by atoms with Crippen molar-refractivity contribution in [3.05, 3.63) is 101 Å². The lowest BCUT2D eigenvalue weighted by Crippen LogP contribution is -2.31. The van der Waals surface area contributed by atoms with Gasteiger partial charge in [0.05, 0.1) is 24.3 Å². The first-order valence-electron chi connectivity index (χ1n) is 10.9. The Morgan fingerprint density at radius 2 is 1.61 bits per heavy atom. The van der Waals surface area contributed by atoms with Gasteiger partial charge in [-0.15, -0.1) is 0 Å². The average Bonchev–Trinajstić information content (AvgIpc) is 3.10. The highest BCUT2D eigenvalue weighted by Crippen LogP contribution is 2.30. The Labute approximate surface area is 193 Å². The maximum Gasteiger partial charge on any atom is 0.261 e. The first kappa shape index (κ1) is 22.3. The summed E-state index contributed by atoms with van der Waals surface area (Å²) in [6.07, 6.45) is 0.581. The van der Waals surface area contributed by atoms with Gasteiger partial charge in [-0.25, -0.2) is 0 Å². The molecule has 1 aliphatic heterocycles. The molecule has 0 fully saturated rings. The van der Waals surface area contributed by atoms with E-state index in [9.17, 15) is 14.4 Å². The fraction of sp³-hybridized carbons (Fsp3) is 0.222. The largest absolute Gasteiger partial charge is 0.496 e. The molecular weight excluding hydrogens is 416 g/mol. The molecule has 4 rings (SSSR count). The highest BCUT2D eigenvalue weighted by Gasteiger charge is 2.36. The highest BCUT2D eigenvalue weighted by molar-refractivity contribution is 6.22. The van der Waals surface area contributed by atoms with Crippen LogP contribution in [0.5, 0.6) is 5.75 Å². The molecule has 6 nitrogen and oxygen atoms in total. The number of rotatable bonds is 7. The molecule has 3 aromatic carbocycles. The summed E-state index contributed by atoms with van der Waals surface area (Å²) in [5.74, 6) is -0.214. The molecule has 0 saturated heterocycles. The van der Waals surface area contributed by atoms with Crippen LogP contribution in [0.3, 0.4) is 0 Å². The summed E-state index contributed by atoms with van der Waals surface area (Å²) in [7, 11) is 3.31. The molecule has 6 heteroatoms. The first-order valence-corrected chi connectivity index (χ1v) is 10.9. The van der Waals surface area contributed by atoms with E-state index in [1.54, 1.807) is 31.2 Å². The second kappa shape index (κ2) is 9.28. The predicted octanol–water partition coefficient (Wildman–Crippen LogP) is 4.37.